The molecule has 0 aliphatic carbocycles. The first-order valence-corrected chi connectivity index (χ1v) is 6.02. The second-order valence-electron chi connectivity index (χ2n) is 4.30. The summed E-state index contributed by atoms with van der Waals surface area (Å²) in [5, 5.41) is 6.53. The third-order valence-electron chi connectivity index (χ3n) is 2.59. The van der Waals surface area contributed by atoms with Gasteiger partial charge in [-0.15, -0.1) is 0 Å². The van der Waals surface area contributed by atoms with Gasteiger partial charge in [0.1, 0.15) is 5.75 Å². The molecular weight excluding hydrogens is 260 g/mol. The van der Waals surface area contributed by atoms with E-state index >= 15 is 0 Å². The number of urea groups is 1. The van der Waals surface area contributed by atoms with Crippen LogP contribution in [-0.4, -0.2) is 42.3 Å². The van der Waals surface area contributed by atoms with Crippen LogP contribution in [0, 0.1) is 0 Å². The van der Waals surface area contributed by atoms with Gasteiger partial charge in [-0.2, -0.15) is 4.98 Å². The lowest BCUT2D eigenvalue weighted by molar-refractivity contribution is 0.215. The van der Waals surface area contributed by atoms with Crippen LogP contribution in [0.5, 0.6) is 5.75 Å². The SMILES string of the molecule is COc1cccc(-c2noc(CNC(=O)N(C)C)n2)c1. The Kier molecular flexibility index (Phi) is 4.19. The van der Waals surface area contributed by atoms with E-state index in [1.165, 1.54) is 4.90 Å². The normalized spacial score (nSPS) is 10.2. The van der Waals surface area contributed by atoms with Crippen molar-refractivity contribution in [1.29, 1.82) is 0 Å². The summed E-state index contributed by atoms with van der Waals surface area (Å²) in [4.78, 5) is 17.0. The third kappa shape index (κ3) is 3.25. The highest BCUT2D eigenvalue weighted by molar-refractivity contribution is 5.73. The van der Waals surface area contributed by atoms with Crippen molar-refractivity contribution in [2.24, 2.45) is 0 Å². The molecule has 7 nitrogen and oxygen atoms in total. The zero-order valence-corrected chi connectivity index (χ0v) is 11.6. The van der Waals surface area contributed by atoms with Gasteiger partial charge in [0, 0.05) is 19.7 Å². The Hall–Kier alpha value is -2.57. The third-order valence-corrected chi connectivity index (χ3v) is 2.59. The van der Waals surface area contributed by atoms with E-state index in [1.54, 1.807) is 21.2 Å². The van der Waals surface area contributed by atoms with E-state index in [-0.39, 0.29) is 12.6 Å². The van der Waals surface area contributed by atoms with Gasteiger partial charge in [0.25, 0.3) is 0 Å². The Balaban J connectivity index is 2.06. The summed E-state index contributed by atoms with van der Waals surface area (Å²) in [6.45, 7) is 0.188. The van der Waals surface area contributed by atoms with Crippen molar-refractivity contribution in [3.63, 3.8) is 0 Å². The molecule has 0 aliphatic heterocycles. The van der Waals surface area contributed by atoms with Crippen LogP contribution in [0.3, 0.4) is 0 Å². The topological polar surface area (TPSA) is 80.5 Å². The van der Waals surface area contributed by atoms with Gasteiger partial charge in [0.05, 0.1) is 13.7 Å². The van der Waals surface area contributed by atoms with Gasteiger partial charge >= 0.3 is 6.03 Å². The summed E-state index contributed by atoms with van der Waals surface area (Å²) in [6, 6.07) is 7.13. The highest BCUT2D eigenvalue weighted by atomic mass is 16.5. The van der Waals surface area contributed by atoms with Crippen LogP contribution < -0.4 is 10.1 Å². The van der Waals surface area contributed by atoms with Gasteiger partial charge in [-0.25, -0.2) is 4.79 Å². The number of aromatic nitrogens is 2. The minimum atomic E-state index is -0.217. The number of carbonyl (C=O) groups excluding carboxylic acids is 1. The Morgan fingerprint density at radius 3 is 2.95 bits per heavy atom. The smallest absolute Gasteiger partial charge is 0.317 e. The van der Waals surface area contributed by atoms with Gasteiger partial charge in [-0.1, -0.05) is 17.3 Å². The number of hydrogen-bond donors (Lipinski definition) is 1. The first-order valence-electron chi connectivity index (χ1n) is 6.02. The van der Waals surface area contributed by atoms with Crippen LogP contribution in [-0.2, 0) is 6.54 Å². The standard InChI is InChI=1S/C13H16N4O3/c1-17(2)13(18)14-8-11-15-12(16-20-11)9-5-4-6-10(7-9)19-3/h4-7H,8H2,1-3H3,(H,14,18). The maximum Gasteiger partial charge on any atom is 0.317 e. The molecule has 0 bridgehead atoms. The van der Waals surface area contributed by atoms with Crippen LogP contribution >= 0.6 is 0 Å². The van der Waals surface area contributed by atoms with Crippen LogP contribution in [0.4, 0.5) is 4.79 Å². The number of nitrogens with zero attached hydrogens (tertiary/aromatic N) is 3. The molecule has 1 N–H and O–H groups in total. The molecule has 106 valence electrons. The number of methoxy groups -OCH3 is 1. The summed E-state index contributed by atoms with van der Waals surface area (Å²) in [7, 11) is 4.91. The van der Waals surface area contributed by atoms with Gasteiger partial charge in [0.2, 0.25) is 11.7 Å². The van der Waals surface area contributed by atoms with E-state index in [4.69, 9.17) is 9.26 Å². The molecule has 1 aromatic heterocycles. The van der Waals surface area contributed by atoms with E-state index in [0.29, 0.717) is 11.7 Å². The number of nitrogens with one attached hydrogen (secondary N) is 1. The molecule has 0 atom stereocenters. The van der Waals surface area contributed by atoms with Crippen molar-refractivity contribution in [2.45, 2.75) is 6.54 Å². The fraction of sp³-hybridized carbons (Fsp3) is 0.308. The molecule has 0 aliphatic rings. The minimum absolute atomic E-state index is 0.188. The fourth-order valence-electron chi connectivity index (χ4n) is 1.52. The highest BCUT2D eigenvalue weighted by Crippen LogP contribution is 2.21. The molecule has 0 unspecified atom stereocenters. The van der Waals surface area contributed by atoms with Crippen LogP contribution in [0.15, 0.2) is 28.8 Å². The van der Waals surface area contributed by atoms with Crippen LogP contribution in [0.1, 0.15) is 5.89 Å². The summed E-state index contributed by atoms with van der Waals surface area (Å²) < 4.78 is 10.2. The summed E-state index contributed by atoms with van der Waals surface area (Å²) in [5.41, 5.74) is 0.790. The molecule has 0 fully saturated rings. The number of rotatable bonds is 4. The number of benzene rings is 1. The lowest BCUT2D eigenvalue weighted by atomic mass is 10.2. The highest BCUT2D eigenvalue weighted by Gasteiger charge is 2.11. The van der Waals surface area contributed by atoms with Crippen LogP contribution in [0.2, 0.25) is 0 Å². The Morgan fingerprint density at radius 2 is 2.25 bits per heavy atom. The van der Waals surface area contributed by atoms with E-state index in [1.807, 2.05) is 24.3 Å². The fourth-order valence-corrected chi connectivity index (χ4v) is 1.52. The van der Waals surface area contributed by atoms with E-state index in [2.05, 4.69) is 15.5 Å². The van der Waals surface area contributed by atoms with Crippen molar-refractivity contribution in [3.8, 4) is 17.1 Å². The Bertz CT molecular complexity index is 595. The van der Waals surface area contributed by atoms with Gasteiger partial charge < -0.3 is 19.5 Å². The number of hydrogen-bond acceptors (Lipinski definition) is 5. The molecule has 2 amide bonds. The molecule has 2 aromatic rings. The number of carbonyl (C=O) groups is 1. The van der Waals surface area contributed by atoms with Crippen molar-refractivity contribution in [3.05, 3.63) is 30.2 Å². The van der Waals surface area contributed by atoms with Gasteiger partial charge in [-0.05, 0) is 12.1 Å². The van der Waals surface area contributed by atoms with E-state index in [9.17, 15) is 4.79 Å². The average Bonchev–Trinajstić information content (AvgIpc) is 2.93. The summed E-state index contributed by atoms with van der Waals surface area (Å²) in [6.07, 6.45) is 0. The monoisotopic (exact) mass is 276 g/mol. The van der Waals surface area contributed by atoms with Crippen molar-refractivity contribution >= 4 is 6.03 Å². The first kappa shape index (κ1) is 13.9. The van der Waals surface area contributed by atoms with Crippen LogP contribution in [0.25, 0.3) is 11.4 Å². The maximum absolute atomic E-state index is 11.4. The number of ether oxygens (including phenoxy) is 1. The molecule has 1 aromatic carbocycles. The van der Waals surface area contributed by atoms with Gasteiger partial charge in [0.15, 0.2) is 0 Å². The molecule has 0 saturated carbocycles. The summed E-state index contributed by atoms with van der Waals surface area (Å²) >= 11 is 0. The quantitative estimate of drug-likeness (QED) is 0.915. The lowest BCUT2D eigenvalue weighted by Crippen LogP contribution is -2.33. The first-order chi connectivity index (χ1) is 9.60. The predicted molar refractivity (Wildman–Crippen MR) is 72.2 cm³/mol. The minimum Gasteiger partial charge on any atom is -0.497 e. The second-order valence-corrected chi connectivity index (χ2v) is 4.30. The average molecular weight is 276 g/mol. The molecule has 7 heteroatoms. The zero-order chi connectivity index (χ0) is 14.5. The Labute approximate surface area is 116 Å². The predicted octanol–water partition coefficient (Wildman–Crippen LogP) is 1.52. The van der Waals surface area contributed by atoms with E-state index < -0.39 is 0 Å². The Morgan fingerprint density at radius 1 is 1.45 bits per heavy atom. The van der Waals surface area contributed by atoms with Crippen molar-refractivity contribution < 1.29 is 14.1 Å². The van der Waals surface area contributed by atoms with Crippen molar-refractivity contribution in [1.82, 2.24) is 20.4 Å². The maximum atomic E-state index is 11.4. The number of amides is 2. The molecule has 2 rings (SSSR count). The molecular formula is C13H16N4O3. The lowest BCUT2D eigenvalue weighted by Gasteiger charge is -2.09. The zero-order valence-electron chi connectivity index (χ0n) is 11.6. The summed E-state index contributed by atoms with van der Waals surface area (Å²) in [5.74, 6) is 1.52. The molecule has 0 spiro atoms. The molecule has 0 radical (unpaired) electrons. The molecule has 20 heavy (non-hydrogen) atoms. The molecule has 1 heterocycles. The van der Waals surface area contributed by atoms with E-state index in [0.717, 1.165) is 11.3 Å². The largest absolute Gasteiger partial charge is 0.497 e. The second kappa shape index (κ2) is 6.05. The van der Waals surface area contributed by atoms with Gasteiger partial charge in [-0.3, -0.25) is 0 Å². The van der Waals surface area contributed by atoms with Crippen molar-refractivity contribution in [2.75, 3.05) is 21.2 Å². The molecule has 0 saturated heterocycles.